The van der Waals surface area contributed by atoms with E-state index in [0.29, 0.717) is 0 Å². The number of anilines is 1. The summed E-state index contributed by atoms with van der Waals surface area (Å²) < 4.78 is 0. The minimum absolute atomic E-state index is 0.0478. The summed E-state index contributed by atoms with van der Waals surface area (Å²) >= 11 is 5.78. The van der Waals surface area contributed by atoms with Crippen molar-refractivity contribution in [3.8, 4) is 0 Å². The van der Waals surface area contributed by atoms with Crippen LogP contribution in [0.15, 0.2) is 67.0 Å². The van der Waals surface area contributed by atoms with Gasteiger partial charge in [-0.05, 0) is 35.9 Å². The Morgan fingerprint density at radius 3 is 2.59 bits per heavy atom. The second-order valence-electron chi connectivity index (χ2n) is 5.97. The maximum atomic E-state index is 12.6. The first-order valence-corrected chi connectivity index (χ1v) is 8.85. The Labute approximate surface area is 170 Å². The van der Waals surface area contributed by atoms with Crippen LogP contribution >= 0.6 is 11.6 Å². The molecule has 0 saturated carbocycles. The van der Waals surface area contributed by atoms with Crippen molar-refractivity contribution in [2.24, 2.45) is 0 Å². The van der Waals surface area contributed by atoms with Gasteiger partial charge < -0.3 is 10.6 Å². The Bertz CT molecular complexity index is 1070. The van der Waals surface area contributed by atoms with E-state index < -0.39 is 10.8 Å². The Balaban J connectivity index is 1.76. The predicted molar refractivity (Wildman–Crippen MR) is 108 cm³/mol. The molecule has 2 aromatic carbocycles. The van der Waals surface area contributed by atoms with E-state index in [0.717, 1.165) is 11.6 Å². The maximum absolute atomic E-state index is 12.6. The average Bonchev–Trinajstić information content (AvgIpc) is 2.73. The largest absolute Gasteiger partial charge is 0.348 e. The third-order valence-corrected chi connectivity index (χ3v) is 4.32. The Hall–Kier alpha value is -3.78. The normalized spacial score (nSPS) is 10.2. The molecule has 0 aliphatic rings. The van der Waals surface area contributed by atoms with Gasteiger partial charge in [0, 0.05) is 30.6 Å². The molecule has 0 unspecified atom stereocenters. The summed E-state index contributed by atoms with van der Waals surface area (Å²) in [5.41, 5.74) is 1.04. The van der Waals surface area contributed by atoms with E-state index in [1.54, 1.807) is 42.7 Å². The van der Waals surface area contributed by atoms with Gasteiger partial charge >= 0.3 is 0 Å². The van der Waals surface area contributed by atoms with E-state index in [4.69, 9.17) is 11.6 Å². The molecule has 8 nitrogen and oxygen atoms in total. The first-order valence-electron chi connectivity index (χ1n) is 8.47. The Morgan fingerprint density at radius 2 is 1.86 bits per heavy atom. The van der Waals surface area contributed by atoms with E-state index in [1.165, 1.54) is 12.1 Å². The fourth-order valence-electron chi connectivity index (χ4n) is 2.56. The standard InChI is InChI=1S/C20H15ClN4O4/c21-16-8-7-14(10-18(16)25(28)29)19(26)24-17-6-2-1-5-15(17)20(27)23-12-13-4-3-9-22-11-13/h1-11H,12H2,(H,23,27)(H,24,26). The van der Waals surface area contributed by atoms with Gasteiger partial charge in [0.05, 0.1) is 16.2 Å². The fraction of sp³-hybridized carbons (Fsp3) is 0.0500. The Kier molecular flexibility index (Phi) is 6.16. The molecule has 0 fully saturated rings. The smallest absolute Gasteiger partial charge is 0.288 e. The minimum Gasteiger partial charge on any atom is -0.348 e. The first-order chi connectivity index (χ1) is 14.0. The number of para-hydroxylation sites is 1. The fourth-order valence-corrected chi connectivity index (χ4v) is 2.75. The maximum Gasteiger partial charge on any atom is 0.288 e. The number of amides is 2. The van der Waals surface area contributed by atoms with Crippen LogP contribution in [0.2, 0.25) is 5.02 Å². The summed E-state index contributed by atoms with van der Waals surface area (Å²) in [6.07, 6.45) is 3.28. The minimum atomic E-state index is -0.668. The lowest BCUT2D eigenvalue weighted by molar-refractivity contribution is -0.384. The molecule has 0 aliphatic heterocycles. The lowest BCUT2D eigenvalue weighted by Gasteiger charge is -2.11. The molecule has 0 atom stereocenters. The highest BCUT2D eigenvalue weighted by Gasteiger charge is 2.18. The molecule has 0 saturated heterocycles. The number of rotatable bonds is 6. The molecule has 2 amide bonds. The number of carbonyl (C=O) groups is 2. The van der Waals surface area contributed by atoms with Gasteiger partial charge in [-0.2, -0.15) is 0 Å². The molecule has 0 spiro atoms. The highest BCUT2D eigenvalue weighted by atomic mass is 35.5. The molecule has 9 heteroatoms. The van der Waals surface area contributed by atoms with Gasteiger partial charge in [-0.3, -0.25) is 24.7 Å². The van der Waals surface area contributed by atoms with Crippen molar-refractivity contribution in [3.05, 3.63) is 98.8 Å². The highest BCUT2D eigenvalue weighted by Crippen LogP contribution is 2.26. The lowest BCUT2D eigenvalue weighted by Crippen LogP contribution is -2.25. The van der Waals surface area contributed by atoms with Gasteiger partial charge in [-0.15, -0.1) is 0 Å². The van der Waals surface area contributed by atoms with Crippen LogP contribution in [-0.4, -0.2) is 21.7 Å². The number of nitrogens with one attached hydrogen (secondary N) is 2. The van der Waals surface area contributed by atoms with E-state index in [-0.39, 0.29) is 40.0 Å². The highest BCUT2D eigenvalue weighted by molar-refractivity contribution is 6.32. The van der Waals surface area contributed by atoms with Crippen molar-refractivity contribution >= 4 is 34.8 Å². The predicted octanol–water partition coefficient (Wildman–Crippen LogP) is 3.83. The summed E-state index contributed by atoms with van der Waals surface area (Å²) in [5.74, 6) is -0.982. The number of pyridine rings is 1. The van der Waals surface area contributed by atoms with Gasteiger partial charge in [0.2, 0.25) is 0 Å². The number of halogens is 1. The van der Waals surface area contributed by atoms with Gasteiger partial charge in [0.15, 0.2) is 0 Å². The van der Waals surface area contributed by atoms with Crippen LogP contribution in [0.1, 0.15) is 26.3 Å². The lowest BCUT2D eigenvalue weighted by atomic mass is 10.1. The second-order valence-corrected chi connectivity index (χ2v) is 6.37. The van der Waals surface area contributed by atoms with E-state index in [9.17, 15) is 19.7 Å². The van der Waals surface area contributed by atoms with E-state index >= 15 is 0 Å². The zero-order valence-electron chi connectivity index (χ0n) is 15.0. The van der Waals surface area contributed by atoms with Crippen molar-refractivity contribution in [2.75, 3.05) is 5.32 Å². The van der Waals surface area contributed by atoms with Crippen LogP contribution in [0.5, 0.6) is 0 Å². The molecular formula is C20H15ClN4O4. The molecule has 0 bridgehead atoms. The summed E-state index contributed by atoms with van der Waals surface area (Å²) in [7, 11) is 0. The van der Waals surface area contributed by atoms with Crippen molar-refractivity contribution in [1.82, 2.24) is 10.3 Å². The summed E-state index contributed by atoms with van der Waals surface area (Å²) in [4.78, 5) is 39.4. The number of hydrogen-bond acceptors (Lipinski definition) is 5. The number of nitro groups is 1. The van der Waals surface area contributed by atoms with Crippen molar-refractivity contribution in [1.29, 1.82) is 0 Å². The van der Waals surface area contributed by atoms with E-state index in [2.05, 4.69) is 15.6 Å². The number of nitro benzene ring substituents is 1. The number of hydrogen-bond donors (Lipinski definition) is 2. The number of nitrogens with zero attached hydrogens (tertiary/aromatic N) is 2. The molecule has 1 aromatic heterocycles. The molecule has 3 aromatic rings. The summed E-state index contributed by atoms with van der Waals surface area (Å²) in [6, 6.07) is 13.8. The zero-order valence-corrected chi connectivity index (χ0v) is 15.7. The third-order valence-electron chi connectivity index (χ3n) is 4.00. The average molecular weight is 411 g/mol. The monoisotopic (exact) mass is 410 g/mol. The van der Waals surface area contributed by atoms with Gasteiger partial charge in [-0.25, -0.2) is 0 Å². The zero-order chi connectivity index (χ0) is 20.8. The van der Waals surface area contributed by atoms with Gasteiger partial charge in [-0.1, -0.05) is 29.8 Å². The topological polar surface area (TPSA) is 114 Å². The summed E-state index contributed by atoms with van der Waals surface area (Å²) in [5, 5.41) is 16.3. The molecule has 0 aliphatic carbocycles. The van der Waals surface area contributed by atoms with Crippen LogP contribution in [0.4, 0.5) is 11.4 Å². The quantitative estimate of drug-likeness (QED) is 0.473. The molecule has 29 heavy (non-hydrogen) atoms. The van der Waals surface area contributed by atoms with Crippen LogP contribution < -0.4 is 10.6 Å². The van der Waals surface area contributed by atoms with Crippen molar-refractivity contribution < 1.29 is 14.5 Å². The first kappa shape index (κ1) is 20.0. The van der Waals surface area contributed by atoms with Crippen LogP contribution in [-0.2, 0) is 6.54 Å². The molecule has 2 N–H and O–H groups in total. The molecule has 3 rings (SSSR count). The SMILES string of the molecule is O=C(Nc1ccccc1C(=O)NCc1cccnc1)c1ccc(Cl)c([N+](=O)[O-])c1. The molecule has 1 heterocycles. The number of benzene rings is 2. The number of aromatic nitrogens is 1. The third kappa shape index (κ3) is 4.94. The second kappa shape index (κ2) is 8.94. The van der Waals surface area contributed by atoms with Gasteiger partial charge in [0.25, 0.3) is 17.5 Å². The van der Waals surface area contributed by atoms with Gasteiger partial charge in [0.1, 0.15) is 5.02 Å². The molecule has 146 valence electrons. The van der Waals surface area contributed by atoms with Crippen LogP contribution in [0.3, 0.4) is 0 Å². The molecule has 0 radical (unpaired) electrons. The van der Waals surface area contributed by atoms with Crippen molar-refractivity contribution in [2.45, 2.75) is 6.54 Å². The Morgan fingerprint density at radius 1 is 1.07 bits per heavy atom. The van der Waals surface area contributed by atoms with Crippen LogP contribution in [0, 0.1) is 10.1 Å². The van der Waals surface area contributed by atoms with E-state index in [1.807, 2.05) is 6.07 Å². The summed E-state index contributed by atoms with van der Waals surface area (Å²) in [6.45, 7) is 0.276. The molecular weight excluding hydrogens is 396 g/mol. The number of carbonyl (C=O) groups excluding carboxylic acids is 2. The van der Waals surface area contributed by atoms with Crippen molar-refractivity contribution in [3.63, 3.8) is 0 Å². The van der Waals surface area contributed by atoms with Crippen LogP contribution in [0.25, 0.3) is 0 Å².